The van der Waals surface area contributed by atoms with Crippen LogP contribution in [0.1, 0.15) is 11.3 Å². The maximum absolute atomic E-state index is 13.0. The Morgan fingerprint density at radius 3 is 2.77 bits per heavy atom. The minimum Gasteiger partial charge on any atom is -0.343 e. The molecule has 1 aromatic heterocycles. The van der Waals surface area contributed by atoms with Crippen LogP contribution >= 0.6 is 0 Å². The van der Waals surface area contributed by atoms with Crippen molar-refractivity contribution in [3.8, 4) is 0 Å². The lowest BCUT2D eigenvalue weighted by Gasteiger charge is -1.98. The van der Waals surface area contributed by atoms with Gasteiger partial charge in [0, 0.05) is 24.2 Å². The molecular formula is C19H17FN2. The Bertz CT molecular complexity index is 844. The van der Waals surface area contributed by atoms with Gasteiger partial charge in [-0.05, 0) is 29.8 Å². The second-order valence-electron chi connectivity index (χ2n) is 5.14. The molecule has 2 nitrogen and oxygen atoms in total. The first-order valence-corrected chi connectivity index (χ1v) is 7.20. The molecule has 0 saturated heterocycles. The molecule has 0 unspecified atom stereocenters. The van der Waals surface area contributed by atoms with Crippen LogP contribution in [0.5, 0.6) is 0 Å². The monoisotopic (exact) mass is 292 g/mol. The Labute approximate surface area is 129 Å². The highest BCUT2D eigenvalue weighted by atomic mass is 19.1. The fraction of sp³-hybridized carbons (Fsp3) is 0.105. The molecule has 0 radical (unpaired) electrons. The molecule has 0 spiro atoms. The predicted molar refractivity (Wildman–Crippen MR) is 90.8 cm³/mol. The number of halogens is 1. The molecule has 0 aliphatic rings. The zero-order valence-corrected chi connectivity index (χ0v) is 12.4. The summed E-state index contributed by atoms with van der Waals surface area (Å²) in [7, 11) is 2.03. The molecule has 0 bridgehead atoms. The van der Waals surface area contributed by atoms with Gasteiger partial charge in [0.15, 0.2) is 0 Å². The number of rotatable bonds is 4. The fourth-order valence-electron chi connectivity index (χ4n) is 2.44. The lowest BCUT2D eigenvalue weighted by Crippen LogP contribution is -1.94. The minimum atomic E-state index is -0.221. The summed E-state index contributed by atoms with van der Waals surface area (Å²) in [5.41, 5.74) is 3.11. The first-order chi connectivity index (χ1) is 10.7. The van der Waals surface area contributed by atoms with Gasteiger partial charge in [0.2, 0.25) is 0 Å². The van der Waals surface area contributed by atoms with E-state index in [4.69, 9.17) is 0 Å². The third-order valence-electron chi connectivity index (χ3n) is 3.58. The van der Waals surface area contributed by atoms with Gasteiger partial charge in [-0.15, -0.1) is 0 Å². The molecule has 3 rings (SSSR count). The Kier molecular flexibility index (Phi) is 4.15. The van der Waals surface area contributed by atoms with E-state index < -0.39 is 0 Å². The van der Waals surface area contributed by atoms with Crippen molar-refractivity contribution >= 4 is 23.2 Å². The maximum atomic E-state index is 13.0. The molecule has 0 fully saturated rings. The summed E-state index contributed by atoms with van der Waals surface area (Å²) in [5, 5.41) is 1.21. The van der Waals surface area contributed by atoms with E-state index in [1.165, 1.54) is 23.0 Å². The zero-order valence-electron chi connectivity index (χ0n) is 12.4. The number of nitrogens with zero attached hydrogens (tertiary/aromatic N) is 2. The first kappa shape index (κ1) is 14.3. The molecular weight excluding hydrogens is 275 g/mol. The van der Waals surface area contributed by atoms with Gasteiger partial charge >= 0.3 is 0 Å². The smallest absolute Gasteiger partial charge is 0.123 e. The highest BCUT2D eigenvalue weighted by Gasteiger charge is 2.01. The predicted octanol–water partition coefficient (Wildman–Crippen LogP) is 4.45. The van der Waals surface area contributed by atoms with Gasteiger partial charge in [-0.25, -0.2) is 4.39 Å². The van der Waals surface area contributed by atoms with Gasteiger partial charge in [0.25, 0.3) is 0 Å². The standard InChI is InChI=1S/C19H17FN2/c1-22-18(13-16-8-2-3-10-19(16)22)14-21-11-5-7-15-6-4-9-17(20)12-15/h2-10,12-14H,11H2,1H3/b7-5+,21-14?. The second-order valence-corrected chi connectivity index (χ2v) is 5.14. The van der Waals surface area contributed by atoms with E-state index in [0.717, 1.165) is 11.3 Å². The second kappa shape index (κ2) is 6.39. The molecule has 1 heterocycles. The van der Waals surface area contributed by atoms with Crippen molar-refractivity contribution in [3.05, 3.63) is 77.7 Å². The number of benzene rings is 2. The van der Waals surface area contributed by atoms with E-state index in [9.17, 15) is 4.39 Å². The van der Waals surface area contributed by atoms with Crippen molar-refractivity contribution in [1.82, 2.24) is 4.57 Å². The number of hydrogen-bond acceptors (Lipinski definition) is 1. The highest BCUT2D eigenvalue weighted by Crippen LogP contribution is 2.16. The minimum absolute atomic E-state index is 0.221. The number of fused-ring (bicyclic) bond motifs is 1. The largest absolute Gasteiger partial charge is 0.343 e. The maximum Gasteiger partial charge on any atom is 0.123 e. The lowest BCUT2D eigenvalue weighted by molar-refractivity contribution is 0.627. The molecule has 0 atom stereocenters. The summed E-state index contributed by atoms with van der Waals surface area (Å²) in [6.45, 7) is 0.567. The molecule has 3 heteroatoms. The van der Waals surface area contributed by atoms with Crippen molar-refractivity contribution in [1.29, 1.82) is 0 Å². The Morgan fingerprint density at radius 1 is 1.09 bits per heavy atom. The summed E-state index contributed by atoms with van der Waals surface area (Å²) in [5.74, 6) is -0.221. The van der Waals surface area contributed by atoms with Crippen LogP contribution in [0.25, 0.3) is 17.0 Å². The van der Waals surface area contributed by atoms with E-state index in [0.29, 0.717) is 6.54 Å². The van der Waals surface area contributed by atoms with Crippen LogP contribution in [-0.4, -0.2) is 17.3 Å². The number of aromatic nitrogens is 1. The Hall–Kier alpha value is -2.68. The lowest BCUT2D eigenvalue weighted by atomic mass is 10.2. The van der Waals surface area contributed by atoms with Gasteiger partial charge in [-0.1, -0.05) is 42.5 Å². The van der Waals surface area contributed by atoms with E-state index in [-0.39, 0.29) is 5.82 Å². The molecule has 22 heavy (non-hydrogen) atoms. The topological polar surface area (TPSA) is 17.3 Å². The average molecular weight is 292 g/mol. The third kappa shape index (κ3) is 3.14. The van der Waals surface area contributed by atoms with E-state index in [1.807, 2.05) is 43.6 Å². The Morgan fingerprint density at radius 2 is 1.95 bits per heavy atom. The van der Waals surface area contributed by atoms with Crippen LogP contribution in [0.15, 0.2) is 65.7 Å². The van der Waals surface area contributed by atoms with Gasteiger partial charge < -0.3 is 4.57 Å². The van der Waals surface area contributed by atoms with Crippen molar-refractivity contribution < 1.29 is 4.39 Å². The zero-order chi connectivity index (χ0) is 15.4. The van der Waals surface area contributed by atoms with Gasteiger partial charge in [0.1, 0.15) is 5.82 Å². The molecule has 3 aromatic rings. The SMILES string of the molecule is Cn1c(C=NC/C=C/c2cccc(F)c2)cc2ccccc21. The Balaban J connectivity index is 1.67. The number of aliphatic imine (C=N–C) groups is 1. The van der Waals surface area contributed by atoms with E-state index in [1.54, 1.807) is 6.07 Å². The van der Waals surface area contributed by atoms with E-state index in [2.05, 4.69) is 27.8 Å². The molecule has 0 aliphatic heterocycles. The summed E-state index contributed by atoms with van der Waals surface area (Å²) in [6, 6.07) is 16.9. The van der Waals surface area contributed by atoms with Crippen molar-refractivity contribution in [2.24, 2.45) is 12.0 Å². The molecule has 0 saturated carbocycles. The van der Waals surface area contributed by atoms with Gasteiger partial charge in [-0.3, -0.25) is 4.99 Å². The van der Waals surface area contributed by atoms with E-state index >= 15 is 0 Å². The summed E-state index contributed by atoms with van der Waals surface area (Å²) < 4.78 is 15.2. The van der Waals surface area contributed by atoms with Crippen LogP contribution in [0.2, 0.25) is 0 Å². The van der Waals surface area contributed by atoms with Gasteiger partial charge in [-0.2, -0.15) is 0 Å². The molecule has 2 aromatic carbocycles. The first-order valence-electron chi connectivity index (χ1n) is 7.20. The molecule has 0 amide bonds. The number of aryl methyl sites for hydroxylation is 1. The summed E-state index contributed by atoms with van der Waals surface area (Å²) in [4.78, 5) is 4.41. The van der Waals surface area contributed by atoms with Crippen molar-refractivity contribution in [2.75, 3.05) is 6.54 Å². The number of hydrogen-bond donors (Lipinski definition) is 0. The molecule has 0 N–H and O–H groups in total. The normalized spacial score (nSPS) is 11.9. The van der Waals surface area contributed by atoms with Crippen molar-refractivity contribution in [2.45, 2.75) is 0 Å². The van der Waals surface area contributed by atoms with Crippen LogP contribution in [0.3, 0.4) is 0 Å². The van der Waals surface area contributed by atoms with Crippen molar-refractivity contribution in [3.63, 3.8) is 0 Å². The van der Waals surface area contributed by atoms with Crippen LogP contribution in [0, 0.1) is 5.82 Å². The molecule has 110 valence electrons. The van der Waals surface area contributed by atoms with Crippen LogP contribution in [0.4, 0.5) is 4.39 Å². The molecule has 0 aliphatic carbocycles. The summed E-state index contributed by atoms with van der Waals surface area (Å²) in [6.07, 6.45) is 5.67. The highest BCUT2D eigenvalue weighted by molar-refractivity contribution is 5.90. The summed E-state index contributed by atoms with van der Waals surface area (Å²) >= 11 is 0. The fourth-order valence-corrected chi connectivity index (χ4v) is 2.44. The van der Waals surface area contributed by atoms with Gasteiger partial charge in [0.05, 0.1) is 12.2 Å². The van der Waals surface area contributed by atoms with Crippen LogP contribution < -0.4 is 0 Å². The number of para-hydroxylation sites is 1. The average Bonchev–Trinajstić information content (AvgIpc) is 2.84. The third-order valence-corrected chi connectivity index (χ3v) is 3.58. The quantitative estimate of drug-likeness (QED) is 0.632. The van der Waals surface area contributed by atoms with Crippen LogP contribution in [-0.2, 0) is 7.05 Å².